The van der Waals surface area contributed by atoms with Crippen molar-refractivity contribution in [2.45, 2.75) is 44.6 Å². The Morgan fingerprint density at radius 2 is 1.82 bits per heavy atom. The summed E-state index contributed by atoms with van der Waals surface area (Å²) in [6, 6.07) is 10.6. The van der Waals surface area contributed by atoms with E-state index < -0.39 is 37.3 Å². The molecule has 0 unspecified atom stereocenters. The van der Waals surface area contributed by atoms with Gasteiger partial charge in [0.15, 0.2) is 5.65 Å². The molecular weight excluding hydrogens is 430 g/mol. The number of benzene rings is 1. The van der Waals surface area contributed by atoms with Crippen LogP contribution in [-0.4, -0.2) is 74.3 Å². The van der Waals surface area contributed by atoms with Crippen LogP contribution in [0.25, 0.3) is 11.0 Å². The summed E-state index contributed by atoms with van der Waals surface area (Å²) in [5, 5.41) is 43.4. The van der Waals surface area contributed by atoms with Gasteiger partial charge in [-0.15, -0.1) is 0 Å². The third kappa shape index (κ3) is 4.85. The Labute approximate surface area is 190 Å². The maximum absolute atomic E-state index is 10.1. The molecule has 4 rings (SSSR count). The molecule has 1 saturated heterocycles. The van der Waals surface area contributed by atoms with Gasteiger partial charge in [0.05, 0.1) is 24.6 Å². The number of aromatic nitrogens is 2. The monoisotopic (exact) mass is 457 g/mol. The molecule has 3 heterocycles. The van der Waals surface area contributed by atoms with Crippen molar-refractivity contribution in [3.05, 3.63) is 48.3 Å². The second-order valence-electron chi connectivity index (χ2n) is 7.70. The number of aryl methyl sites for hydroxylation is 1. The summed E-state index contributed by atoms with van der Waals surface area (Å²) in [4.78, 5) is 8.85. The fraction of sp³-hybridized carbons (Fsp3) is 0.391. The first kappa shape index (κ1) is 23.1. The number of hydrogen-bond acceptors (Lipinski definition) is 10. The van der Waals surface area contributed by atoms with E-state index in [1.807, 2.05) is 26.0 Å². The lowest BCUT2D eigenvalue weighted by Gasteiger charge is -2.39. The zero-order valence-electron chi connectivity index (χ0n) is 18.3. The minimum atomic E-state index is -1.50. The summed E-state index contributed by atoms with van der Waals surface area (Å²) in [5.41, 5.74) is 2.94. The molecule has 10 heteroatoms. The molecule has 0 amide bonds. The van der Waals surface area contributed by atoms with Crippen molar-refractivity contribution < 1.29 is 34.6 Å². The first-order chi connectivity index (χ1) is 15.9. The largest absolute Gasteiger partial charge is 0.492 e. The lowest BCUT2D eigenvalue weighted by molar-refractivity contribution is -0.277. The maximum Gasteiger partial charge on any atom is 0.229 e. The third-order valence-corrected chi connectivity index (χ3v) is 5.41. The number of nitrogens with one attached hydrogen (secondary N) is 1. The topological polar surface area (TPSA) is 146 Å². The summed E-state index contributed by atoms with van der Waals surface area (Å²) in [7, 11) is 0. The number of rotatable bonds is 7. The van der Waals surface area contributed by atoms with Crippen LogP contribution in [0.2, 0.25) is 0 Å². The highest BCUT2D eigenvalue weighted by molar-refractivity contribution is 5.91. The first-order valence-corrected chi connectivity index (χ1v) is 10.6. The molecule has 1 aliphatic heterocycles. The minimum absolute atomic E-state index is 0.375. The van der Waals surface area contributed by atoms with Gasteiger partial charge in [-0.2, -0.15) is 0 Å². The Balaban J connectivity index is 1.50. The average Bonchev–Trinajstić information content (AvgIpc) is 2.81. The van der Waals surface area contributed by atoms with Gasteiger partial charge in [0.2, 0.25) is 6.29 Å². The molecule has 0 aliphatic carbocycles. The van der Waals surface area contributed by atoms with Gasteiger partial charge in [-0.3, -0.25) is 0 Å². The highest BCUT2D eigenvalue weighted by Gasteiger charge is 2.44. The summed E-state index contributed by atoms with van der Waals surface area (Å²) >= 11 is 0. The molecule has 33 heavy (non-hydrogen) atoms. The fourth-order valence-electron chi connectivity index (χ4n) is 3.62. The van der Waals surface area contributed by atoms with Gasteiger partial charge in [-0.25, -0.2) is 9.97 Å². The van der Waals surface area contributed by atoms with Crippen molar-refractivity contribution in [3.63, 3.8) is 0 Å². The van der Waals surface area contributed by atoms with Crippen LogP contribution in [0.4, 0.5) is 11.4 Å². The molecule has 0 radical (unpaired) electrons. The van der Waals surface area contributed by atoms with E-state index in [1.165, 1.54) is 0 Å². The Morgan fingerprint density at radius 3 is 2.52 bits per heavy atom. The molecular formula is C23H27N3O7. The second-order valence-corrected chi connectivity index (χ2v) is 7.70. The number of aliphatic hydroxyl groups is 4. The number of hydrogen-bond donors (Lipinski definition) is 5. The van der Waals surface area contributed by atoms with Crippen LogP contribution < -0.4 is 14.8 Å². The molecule has 5 N–H and O–H groups in total. The number of pyridine rings is 2. The van der Waals surface area contributed by atoms with Gasteiger partial charge in [-0.1, -0.05) is 0 Å². The normalized spacial score (nSPS) is 25.1. The van der Waals surface area contributed by atoms with E-state index in [2.05, 4.69) is 15.3 Å². The van der Waals surface area contributed by atoms with Crippen LogP contribution in [0, 0.1) is 6.92 Å². The SMILES string of the molecule is CCOc1cc2c(Nc3ccc(O[C@@H]4O[C@H](CO)[C@H](O)[C@H](O)[C@H]4O)cc3)ccnc2nc1C. The molecule has 10 nitrogen and oxygen atoms in total. The Hall–Kier alpha value is -3.02. The van der Waals surface area contributed by atoms with E-state index in [9.17, 15) is 20.4 Å². The van der Waals surface area contributed by atoms with Crippen LogP contribution in [0.3, 0.4) is 0 Å². The van der Waals surface area contributed by atoms with Gasteiger partial charge >= 0.3 is 0 Å². The molecule has 1 fully saturated rings. The van der Waals surface area contributed by atoms with Crippen LogP contribution in [-0.2, 0) is 4.74 Å². The summed E-state index contributed by atoms with van der Waals surface area (Å²) in [6.45, 7) is 3.81. The molecule has 0 spiro atoms. The third-order valence-electron chi connectivity index (χ3n) is 5.41. The predicted molar refractivity (Wildman–Crippen MR) is 120 cm³/mol. The zero-order valence-corrected chi connectivity index (χ0v) is 18.3. The van der Waals surface area contributed by atoms with Gasteiger partial charge in [0.1, 0.15) is 35.9 Å². The number of anilines is 2. The lowest BCUT2D eigenvalue weighted by Crippen LogP contribution is -2.60. The van der Waals surface area contributed by atoms with Crippen LogP contribution in [0.1, 0.15) is 12.6 Å². The highest BCUT2D eigenvalue weighted by atomic mass is 16.7. The van der Waals surface area contributed by atoms with E-state index in [-0.39, 0.29) is 0 Å². The van der Waals surface area contributed by atoms with Crippen molar-refractivity contribution in [3.8, 4) is 11.5 Å². The molecule has 2 aromatic heterocycles. The predicted octanol–water partition coefficient (Wildman–Crippen LogP) is 1.26. The van der Waals surface area contributed by atoms with Crippen molar-refractivity contribution >= 4 is 22.4 Å². The smallest absolute Gasteiger partial charge is 0.229 e. The first-order valence-electron chi connectivity index (χ1n) is 10.6. The maximum atomic E-state index is 10.1. The molecule has 1 aromatic carbocycles. The summed E-state index contributed by atoms with van der Waals surface area (Å²) in [6.07, 6.45) is -5.01. The Bertz CT molecular complexity index is 1090. The number of fused-ring (bicyclic) bond motifs is 1. The van der Waals surface area contributed by atoms with E-state index in [4.69, 9.17) is 14.2 Å². The summed E-state index contributed by atoms with van der Waals surface area (Å²) < 4.78 is 16.7. The minimum Gasteiger partial charge on any atom is -0.492 e. The van der Waals surface area contributed by atoms with E-state index >= 15 is 0 Å². The molecule has 3 aromatic rings. The fourth-order valence-corrected chi connectivity index (χ4v) is 3.62. The molecule has 176 valence electrons. The van der Waals surface area contributed by atoms with Crippen LogP contribution >= 0.6 is 0 Å². The van der Waals surface area contributed by atoms with E-state index in [1.54, 1.807) is 30.5 Å². The molecule has 5 atom stereocenters. The number of nitrogens with zero attached hydrogens (tertiary/aromatic N) is 2. The standard InChI is InChI=1S/C23H27N3O7/c1-3-31-17-10-15-16(8-9-24-22(15)25-12(17)2)26-13-4-6-14(7-5-13)32-23-21(30)20(29)19(28)18(11-27)33-23/h4-10,18-21,23,27-30H,3,11H2,1-2H3,(H,24,25,26)/t18-,19+,20+,21-,23-/m1/s1. The van der Waals surface area contributed by atoms with Crippen molar-refractivity contribution in [2.24, 2.45) is 0 Å². The average molecular weight is 457 g/mol. The number of ether oxygens (including phenoxy) is 3. The zero-order chi connectivity index (χ0) is 23.5. The van der Waals surface area contributed by atoms with Crippen molar-refractivity contribution in [2.75, 3.05) is 18.5 Å². The van der Waals surface area contributed by atoms with Crippen LogP contribution in [0.15, 0.2) is 42.6 Å². The van der Waals surface area contributed by atoms with E-state index in [0.717, 1.165) is 22.5 Å². The molecule has 0 saturated carbocycles. The van der Waals surface area contributed by atoms with Crippen LogP contribution in [0.5, 0.6) is 11.5 Å². The van der Waals surface area contributed by atoms with Gasteiger partial charge < -0.3 is 40.0 Å². The molecule has 0 bridgehead atoms. The summed E-state index contributed by atoms with van der Waals surface area (Å²) in [5.74, 6) is 1.07. The van der Waals surface area contributed by atoms with Crippen molar-refractivity contribution in [1.82, 2.24) is 9.97 Å². The van der Waals surface area contributed by atoms with E-state index in [0.29, 0.717) is 23.8 Å². The Kier molecular flexibility index (Phi) is 6.91. The van der Waals surface area contributed by atoms with Gasteiger partial charge in [-0.05, 0) is 50.2 Å². The quantitative estimate of drug-likeness (QED) is 0.351. The lowest BCUT2D eigenvalue weighted by atomic mass is 9.99. The van der Waals surface area contributed by atoms with Gasteiger partial charge in [0.25, 0.3) is 0 Å². The van der Waals surface area contributed by atoms with Crippen molar-refractivity contribution in [1.29, 1.82) is 0 Å². The Morgan fingerprint density at radius 1 is 1.06 bits per heavy atom. The highest BCUT2D eigenvalue weighted by Crippen LogP contribution is 2.30. The second kappa shape index (κ2) is 9.86. The molecule has 1 aliphatic rings. The van der Waals surface area contributed by atoms with Gasteiger partial charge in [0, 0.05) is 17.3 Å². The number of aliphatic hydroxyl groups excluding tert-OH is 4.